The Morgan fingerprint density at radius 3 is 2.57 bits per heavy atom. The first kappa shape index (κ1) is 17.1. The molecule has 1 aliphatic rings. The van der Waals surface area contributed by atoms with Gasteiger partial charge in [-0.25, -0.2) is 9.18 Å². The van der Waals surface area contributed by atoms with E-state index in [0.717, 1.165) is 0 Å². The molecule has 1 aromatic rings. The Morgan fingerprint density at radius 1 is 1.35 bits per heavy atom. The summed E-state index contributed by atoms with van der Waals surface area (Å²) < 4.78 is 30.4. The molecule has 1 aliphatic heterocycles. The zero-order chi connectivity index (χ0) is 17.0. The molecule has 1 saturated heterocycles. The summed E-state index contributed by atoms with van der Waals surface area (Å²) in [6, 6.07) is 8.37. The second-order valence-corrected chi connectivity index (χ2v) is 5.48. The van der Waals surface area contributed by atoms with Crippen molar-refractivity contribution in [1.82, 2.24) is 0 Å². The lowest BCUT2D eigenvalue weighted by atomic mass is 9.91. The van der Waals surface area contributed by atoms with E-state index in [0.29, 0.717) is 5.56 Å². The quantitative estimate of drug-likeness (QED) is 0.616. The lowest BCUT2D eigenvalue weighted by molar-refractivity contribution is -0.175. The van der Waals surface area contributed by atoms with Gasteiger partial charge in [0, 0.05) is 6.92 Å². The molecule has 1 aromatic carbocycles. The van der Waals surface area contributed by atoms with Crippen LogP contribution in [0.3, 0.4) is 0 Å². The molecule has 3 atom stereocenters. The van der Waals surface area contributed by atoms with Crippen LogP contribution < -0.4 is 0 Å². The number of hydrogen-bond acceptors (Lipinski definition) is 5. The second kappa shape index (κ2) is 6.91. The van der Waals surface area contributed by atoms with Gasteiger partial charge in [0.2, 0.25) is 6.29 Å². The fourth-order valence-corrected chi connectivity index (χ4v) is 2.40. The van der Waals surface area contributed by atoms with Crippen LogP contribution in [0.2, 0.25) is 0 Å². The third kappa shape index (κ3) is 3.96. The van der Waals surface area contributed by atoms with Crippen LogP contribution in [0.5, 0.6) is 0 Å². The van der Waals surface area contributed by atoms with Gasteiger partial charge in [-0.15, -0.1) is 0 Å². The van der Waals surface area contributed by atoms with Gasteiger partial charge in [0.05, 0.1) is 12.0 Å². The summed E-state index contributed by atoms with van der Waals surface area (Å²) >= 11 is 0. The van der Waals surface area contributed by atoms with Gasteiger partial charge in [-0.2, -0.15) is 0 Å². The Balaban J connectivity index is 2.03. The Bertz CT molecular complexity index is 600. The highest BCUT2D eigenvalue weighted by molar-refractivity contribution is 5.89. The average Bonchev–Trinajstić information content (AvgIpc) is 2.82. The lowest BCUT2D eigenvalue weighted by Gasteiger charge is -2.25. The molecule has 1 fully saturated rings. The largest absolute Gasteiger partial charge is 0.459 e. The standard InChI is InChI=1S/C17H19FO5/c1-11(2)17(18)9-15(22-12(3)19)23-14(17)10-21-16(20)13-7-5-4-6-8-13/h4-8,14-15H,1,9-10H2,2-3H3/t14-,15?,17?/m1/s1. The minimum absolute atomic E-state index is 0.171. The third-order valence-electron chi connectivity index (χ3n) is 3.67. The molecule has 6 heteroatoms. The van der Waals surface area contributed by atoms with Crippen molar-refractivity contribution in [2.75, 3.05) is 6.61 Å². The first-order chi connectivity index (χ1) is 10.8. The van der Waals surface area contributed by atoms with E-state index in [1.807, 2.05) is 0 Å². The highest BCUT2D eigenvalue weighted by atomic mass is 19.1. The normalized spacial score (nSPS) is 26.6. The molecule has 0 spiro atoms. The molecule has 0 N–H and O–H groups in total. The Labute approximate surface area is 134 Å². The molecule has 0 bridgehead atoms. The van der Waals surface area contributed by atoms with Crippen molar-refractivity contribution in [3.8, 4) is 0 Å². The van der Waals surface area contributed by atoms with Crippen molar-refractivity contribution in [2.45, 2.75) is 38.3 Å². The van der Waals surface area contributed by atoms with Crippen molar-refractivity contribution in [3.05, 3.63) is 48.0 Å². The van der Waals surface area contributed by atoms with E-state index in [1.165, 1.54) is 13.8 Å². The molecular weight excluding hydrogens is 303 g/mol. The fraction of sp³-hybridized carbons (Fsp3) is 0.412. The zero-order valence-electron chi connectivity index (χ0n) is 13.1. The van der Waals surface area contributed by atoms with Crippen LogP contribution in [-0.4, -0.2) is 36.6 Å². The fourth-order valence-electron chi connectivity index (χ4n) is 2.40. The van der Waals surface area contributed by atoms with Gasteiger partial charge in [0.25, 0.3) is 0 Å². The number of rotatable bonds is 5. The smallest absolute Gasteiger partial charge is 0.338 e. The summed E-state index contributed by atoms with van der Waals surface area (Å²) in [5, 5.41) is 0. The van der Waals surface area contributed by atoms with E-state index < -0.39 is 30.0 Å². The number of ether oxygens (including phenoxy) is 3. The van der Waals surface area contributed by atoms with Crippen molar-refractivity contribution in [2.24, 2.45) is 0 Å². The maximum atomic E-state index is 15.0. The SMILES string of the molecule is C=C(C)C1(F)CC(OC(C)=O)O[C@@H]1COC(=O)c1ccccc1. The van der Waals surface area contributed by atoms with Crippen LogP contribution in [0, 0.1) is 0 Å². The van der Waals surface area contributed by atoms with E-state index in [9.17, 15) is 9.59 Å². The third-order valence-corrected chi connectivity index (χ3v) is 3.67. The van der Waals surface area contributed by atoms with Crippen LogP contribution in [0.15, 0.2) is 42.5 Å². The Hall–Kier alpha value is -2.21. The number of hydrogen-bond donors (Lipinski definition) is 0. The van der Waals surface area contributed by atoms with Gasteiger partial charge in [0.15, 0.2) is 5.67 Å². The van der Waals surface area contributed by atoms with E-state index in [1.54, 1.807) is 30.3 Å². The van der Waals surface area contributed by atoms with E-state index in [2.05, 4.69) is 6.58 Å². The highest BCUT2D eigenvalue weighted by Crippen LogP contribution is 2.40. The van der Waals surface area contributed by atoms with Crippen LogP contribution in [0.1, 0.15) is 30.6 Å². The van der Waals surface area contributed by atoms with E-state index in [-0.39, 0.29) is 18.6 Å². The summed E-state index contributed by atoms with van der Waals surface area (Å²) in [6.45, 7) is 6.06. The van der Waals surface area contributed by atoms with Gasteiger partial charge in [0.1, 0.15) is 12.7 Å². The summed E-state index contributed by atoms with van der Waals surface area (Å²) in [5.74, 6) is -1.14. The number of esters is 2. The molecule has 124 valence electrons. The van der Waals surface area contributed by atoms with Gasteiger partial charge >= 0.3 is 11.9 Å². The topological polar surface area (TPSA) is 61.8 Å². The molecule has 0 aliphatic carbocycles. The molecule has 0 amide bonds. The van der Waals surface area contributed by atoms with Crippen LogP contribution in [0.25, 0.3) is 0 Å². The van der Waals surface area contributed by atoms with Crippen LogP contribution in [-0.2, 0) is 19.0 Å². The van der Waals surface area contributed by atoms with Gasteiger partial charge in [-0.3, -0.25) is 4.79 Å². The first-order valence-electron chi connectivity index (χ1n) is 7.22. The molecule has 2 rings (SSSR count). The minimum Gasteiger partial charge on any atom is -0.459 e. The van der Waals surface area contributed by atoms with Gasteiger partial charge in [-0.1, -0.05) is 24.8 Å². The highest BCUT2D eigenvalue weighted by Gasteiger charge is 2.52. The van der Waals surface area contributed by atoms with Crippen LogP contribution >= 0.6 is 0 Å². The average molecular weight is 322 g/mol. The maximum Gasteiger partial charge on any atom is 0.338 e. The van der Waals surface area contributed by atoms with Crippen molar-refractivity contribution in [3.63, 3.8) is 0 Å². The molecule has 1 heterocycles. The molecule has 0 saturated carbocycles. The summed E-state index contributed by atoms with van der Waals surface area (Å²) in [6.07, 6.45) is -2.26. The maximum absolute atomic E-state index is 15.0. The minimum atomic E-state index is -1.92. The summed E-state index contributed by atoms with van der Waals surface area (Å²) in [5.41, 5.74) is -1.33. The molecule has 0 aromatic heterocycles. The van der Waals surface area contributed by atoms with Crippen LogP contribution in [0.4, 0.5) is 4.39 Å². The van der Waals surface area contributed by atoms with Crippen molar-refractivity contribution in [1.29, 1.82) is 0 Å². The zero-order valence-corrected chi connectivity index (χ0v) is 13.1. The number of carbonyl (C=O) groups excluding carboxylic acids is 2. The number of carbonyl (C=O) groups is 2. The second-order valence-electron chi connectivity index (χ2n) is 5.48. The van der Waals surface area contributed by atoms with E-state index >= 15 is 4.39 Å². The molecule has 2 unspecified atom stereocenters. The Morgan fingerprint density at radius 2 is 2.00 bits per heavy atom. The number of alkyl halides is 1. The summed E-state index contributed by atoms with van der Waals surface area (Å²) in [7, 11) is 0. The lowest BCUT2D eigenvalue weighted by Crippen LogP contribution is -2.38. The molecular formula is C17H19FO5. The van der Waals surface area contributed by atoms with Gasteiger partial charge in [-0.05, 0) is 24.6 Å². The Kier molecular flexibility index (Phi) is 5.15. The predicted octanol–water partition coefficient (Wildman–Crippen LogP) is 2.81. The van der Waals surface area contributed by atoms with Gasteiger partial charge < -0.3 is 14.2 Å². The molecule has 23 heavy (non-hydrogen) atoms. The molecule has 0 radical (unpaired) electrons. The monoisotopic (exact) mass is 322 g/mol. The summed E-state index contributed by atoms with van der Waals surface area (Å²) in [4.78, 5) is 22.9. The van der Waals surface area contributed by atoms with Crippen molar-refractivity contribution >= 4 is 11.9 Å². The predicted molar refractivity (Wildman–Crippen MR) is 80.4 cm³/mol. The number of benzene rings is 1. The molecule has 5 nitrogen and oxygen atoms in total. The number of halogens is 1. The van der Waals surface area contributed by atoms with Crippen molar-refractivity contribution < 1.29 is 28.2 Å². The van der Waals surface area contributed by atoms with E-state index in [4.69, 9.17) is 14.2 Å². The first-order valence-corrected chi connectivity index (χ1v) is 7.22.